The Kier molecular flexibility index (Phi) is 6.72. The minimum absolute atomic E-state index is 0. The van der Waals surface area contributed by atoms with Crippen molar-refractivity contribution in [2.24, 2.45) is 11.7 Å². The van der Waals surface area contributed by atoms with E-state index in [1.165, 1.54) is 10.5 Å². The van der Waals surface area contributed by atoms with Gasteiger partial charge in [-0.05, 0) is 30.9 Å². The average Bonchev–Trinajstić information content (AvgIpc) is 3.27. The summed E-state index contributed by atoms with van der Waals surface area (Å²) in [6.07, 6.45) is 4.34. The Hall–Kier alpha value is -2.12. The number of urea groups is 1. The number of likely N-dealkylation sites (N-methyl/N-ethyl adjacent to an activating group) is 1. The van der Waals surface area contributed by atoms with E-state index in [-0.39, 0.29) is 48.6 Å². The van der Waals surface area contributed by atoms with E-state index in [1.807, 2.05) is 18.2 Å². The first kappa shape index (κ1) is 22.6. The maximum Gasteiger partial charge on any atom is 0.327 e. The Morgan fingerprint density at radius 2 is 1.77 bits per heavy atom. The van der Waals surface area contributed by atoms with Gasteiger partial charge in [-0.15, -0.1) is 12.4 Å². The number of imide groups is 1. The van der Waals surface area contributed by atoms with Gasteiger partial charge in [-0.2, -0.15) is 0 Å². The summed E-state index contributed by atoms with van der Waals surface area (Å²) in [6.45, 7) is 1.45. The summed E-state index contributed by atoms with van der Waals surface area (Å²) >= 11 is 0. The van der Waals surface area contributed by atoms with Crippen molar-refractivity contribution in [2.75, 3.05) is 33.2 Å². The van der Waals surface area contributed by atoms with Crippen LogP contribution in [0.25, 0.3) is 0 Å². The lowest BCUT2D eigenvalue weighted by atomic mass is 9.81. The number of hydrogen-bond acceptors (Lipinski definition) is 4. The van der Waals surface area contributed by atoms with Crippen LogP contribution in [0, 0.1) is 5.92 Å². The average molecular weight is 435 g/mol. The Balaban J connectivity index is 0.00000256. The quantitative estimate of drug-likeness (QED) is 0.736. The second-order valence-corrected chi connectivity index (χ2v) is 8.64. The molecule has 1 spiro atoms. The fourth-order valence-corrected chi connectivity index (χ4v) is 5.30. The second-order valence-electron chi connectivity index (χ2n) is 8.64. The minimum atomic E-state index is -0.743. The predicted molar refractivity (Wildman–Crippen MR) is 116 cm³/mol. The molecule has 4 rings (SSSR count). The van der Waals surface area contributed by atoms with Crippen molar-refractivity contribution in [1.29, 1.82) is 0 Å². The van der Waals surface area contributed by atoms with Gasteiger partial charge in [0.05, 0.1) is 0 Å². The number of amides is 4. The molecule has 1 aromatic carbocycles. The highest BCUT2D eigenvalue weighted by molar-refractivity contribution is 6.09. The smallest absolute Gasteiger partial charge is 0.327 e. The van der Waals surface area contributed by atoms with Gasteiger partial charge in [0.25, 0.3) is 5.91 Å². The van der Waals surface area contributed by atoms with E-state index in [4.69, 9.17) is 5.73 Å². The van der Waals surface area contributed by atoms with Crippen molar-refractivity contribution in [3.8, 4) is 0 Å². The van der Waals surface area contributed by atoms with E-state index in [2.05, 4.69) is 12.1 Å². The Bertz CT molecular complexity index is 797. The van der Waals surface area contributed by atoms with E-state index in [1.54, 1.807) is 16.8 Å². The number of carbonyl (C=O) groups excluding carboxylic acids is 3. The molecule has 4 amide bonds. The molecule has 3 aliphatic rings. The zero-order valence-electron chi connectivity index (χ0n) is 17.5. The van der Waals surface area contributed by atoms with E-state index in [0.29, 0.717) is 32.5 Å². The van der Waals surface area contributed by atoms with Crippen LogP contribution in [0.1, 0.15) is 43.6 Å². The molecule has 0 unspecified atom stereocenters. The van der Waals surface area contributed by atoms with E-state index in [0.717, 1.165) is 19.3 Å². The molecule has 30 heavy (non-hydrogen) atoms. The first-order chi connectivity index (χ1) is 14.0. The molecule has 164 valence electrons. The zero-order valence-corrected chi connectivity index (χ0v) is 18.3. The van der Waals surface area contributed by atoms with Crippen molar-refractivity contribution in [1.82, 2.24) is 14.7 Å². The summed E-state index contributed by atoms with van der Waals surface area (Å²) < 4.78 is 0. The molecule has 2 heterocycles. The van der Waals surface area contributed by atoms with Gasteiger partial charge in [-0.1, -0.05) is 49.6 Å². The van der Waals surface area contributed by atoms with Crippen LogP contribution in [0.2, 0.25) is 0 Å². The van der Waals surface area contributed by atoms with Crippen LogP contribution in [-0.2, 0) is 9.59 Å². The molecule has 8 heteroatoms. The molecule has 1 aliphatic carbocycles. The molecular weight excluding hydrogens is 404 g/mol. The Labute approximate surface area is 184 Å². The summed E-state index contributed by atoms with van der Waals surface area (Å²) in [5, 5.41) is 0. The highest BCUT2D eigenvalue weighted by Crippen LogP contribution is 2.39. The van der Waals surface area contributed by atoms with Crippen LogP contribution >= 0.6 is 12.4 Å². The van der Waals surface area contributed by atoms with E-state index < -0.39 is 5.54 Å². The number of nitrogens with two attached hydrogens (primary N) is 1. The van der Waals surface area contributed by atoms with Gasteiger partial charge in [-0.25, -0.2) is 4.79 Å². The summed E-state index contributed by atoms with van der Waals surface area (Å²) in [7, 11) is 1.70. The lowest BCUT2D eigenvalue weighted by Crippen LogP contribution is -2.49. The van der Waals surface area contributed by atoms with E-state index in [9.17, 15) is 14.4 Å². The molecule has 0 aromatic heterocycles. The number of benzene rings is 1. The second kappa shape index (κ2) is 8.94. The third kappa shape index (κ3) is 3.69. The molecule has 3 fully saturated rings. The normalized spacial score (nSPS) is 25.7. The molecule has 2 aliphatic heterocycles. The Morgan fingerprint density at radius 3 is 2.40 bits per heavy atom. The molecular formula is C22H31ClN4O3. The monoisotopic (exact) mass is 434 g/mol. The zero-order chi connectivity index (χ0) is 20.6. The molecule has 0 bridgehead atoms. The topological polar surface area (TPSA) is 87.0 Å². The summed E-state index contributed by atoms with van der Waals surface area (Å²) in [6, 6.07) is 9.75. The van der Waals surface area contributed by atoms with Crippen LogP contribution in [0.5, 0.6) is 0 Å². The SMILES string of the molecule is CN1C(=O)N(CC(=O)N2C[C@@H](CN)[C@H](c3ccccc3)C2)C(=O)C12CCCCC2.Cl. The third-order valence-corrected chi connectivity index (χ3v) is 7.10. The molecule has 7 nitrogen and oxygen atoms in total. The number of likely N-dealkylation sites (tertiary alicyclic amines) is 1. The molecule has 1 saturated carbocycles. The molecule has 0 radical (unpaired) electrons. The number of nitrogens with zero attached hydrogens (tertiary/aromatic N) is 3. The van der Waals surface area contributed by atoms with Crippen molar-refractivity contribution >= 4 is 30.3 Å². The van der Waals surface area contributed by atoms with Gasteiger partial charge in [0.15, 0.2) is 0 Å². The van der Waals surface area contributed by atoms with Crippen molar-refractivity contribution < 1.29 is 14.4 Å². The largest absolute Gasteiger partial charge is 0.340 e. The van der Waals surface area contributed by atoms with Crippen molar-refractivity contribution in [3.63, 3.8) is 0 Å². The van der Waals surface area contributed by atoms with Crippen molar-refractivity contribution in [3.05, 3.63) is 35.9 Å². The number of carbonyl (C=O) groups is 3. The van der Waals surface area contributed by atoms with Gasteiger partial charge in [-0.3, -0.25) is 14.5 Å². The van der Waals surface area contributed by atoms with Crippen LogP contribution in [0.3, 0.4) is 0 Å². The highest BCUT2D eigenvalue weighted by atomic mass is 35.5. The summed E-state index contributed by atoms with van der Waals surface area (Å²) in [5.74, 6) is -0.0155. The highest BCUT2D eigenvalue weighted by Gasteiger charge is 2.56. The van der Waals surface area contributed by atoms with Gasteiger partial charge in [0, 0.05) is 26.1 Å². The number of rotatable bonds is 4. The van der Waals surface area contributed by atoms with Crippen LogP contribution < -0.4 is 5.73 Å². The van der Waals surface area contributed by atoms with Crippen LogP contribution in [0.15, 0.2) is 30.3 Å². The number of halogens is 1. The van der Waals surface area contributed by atoms with Gasteiger partial charge in [0.2, 0.25) is 5.91 Å². The molecule has 2 saturated heterocycles. The molecule has 2 N–H and O–H groups in total. The lowest BCUT2D eigenvalue weighted by molar-refractivity contribution is -0.140. The lowest BCUT2D eigenvalue weighted by Gasteiger charge is -2.35. The maximum atomic E-state index is 13.1. The first-order valence-electron chi connectivity index (χ1n) is 10.6. The summed E-state index contributed by atoms with van der Waals surface area (Å²) in [5.41, 5.74) is 6.41. The van der Waals surface area contributed by atoms with Crippen LogP contribution in [-0.4, -0.2) is 71.3 Å². The van der Waals surface area contributed by atoms with Crippen LogP contribution in [0.4, 0.5) is 4.79 Å². The standard InChI is InChI=1S/C22H30N4O3.ClH/c1-24-21(29)26(20(28)22(24)10-6-3-7-11-22)15-19(27)25-13-17(12-23)18(14-25)16-8-4-2-5-9-16;/h2,4-5,8-9,17-18H,3,6-7,10-15,23H2,1H3;1H/t17-,18+;/m1./s1. The minimum Gasteiger partial charge on any atom is -0.340 e. The van der Waals surface area contributed by atoms with Gasteiger partial charge >= 0.3 is 6.03 Å². The number of hydrogen-bond donors (Lipinski definition) is 1. The fraction of sp³-hybridized carbons (Fsp3) is 0.591. The summed E-state index contributed by atoms with van der Waals surface area (Å²) in [4.78, 5) is 43.5. The molecule has 1 aromatic rings. The third-order valence-electron chi connectivity index (χ3n) is 7.10. The first-order valence-corrected chi connectivity index (χ1v) is 10.6. The Morgan fingerprint density at radius 1 is 1.10 bits per heavy atom. The molecule has 2 atom stereocenters. The van der Waals surface area contributed by atoms with Crippen molar-refractivity contribution in [2.45, 2.75) is 43.6 Å². The maximum absolute atomic E-state index is 13.1. The van der Waals surface area contributed by atoms with Gasteiger partial charge in [0.1, 0.15) is 12.1 Å². The van der Waals surface area contributed by atoms with Gasteiger partial charge < -0.3 is 15.5 Å². The predicted octanol–water partition coefficient (Wildman–Crippen LogP) is 2.21. The van der Waals surface area contributed by atoms with E-state index >= 15 is 0 Å². The fourth-order valence-electron chi connectivity index (χ4n) is 5.30.